The Morgan fingerprint density at radius 2 is 2.57 bits per heavy atom. The first-order valence-electron chi connectivity index (χ1n) is 1.83. The van der Waals surface area contributed by atoms with Gasteiger partial charge in [0.25, 0.3) is 0 Å². The van der Waals surface area contributed by atoms with Crippen LogP contribution in [0.1, 0.15) is 0 Å². The molecule has 0 radical (unpaired) electrons. The van der Waals surface area contributed by atoms with E-state index in [1.807, 2.05) is 0 Å². The molecule has 0 aliphatic carbocycles. The molecule has 0 saturated heterocycles. The maximum atomic E-state index is 10.3. The van der Waals surface area contributed by atoms with Crippen molar-refractivity contribution in [3.63, 3.8) is 0 Å². The topological polar surface area (TPSA) is 17.1 Å². The van der Waals surface area contributed by atoms with E-state index < -0.39 is 0 Å². The quantitative estimate of drug-likeness (QED) is 0.498. The average molecular weight is 135 g/mol. The van der Waals surface area contributed by atoms with Gasteiger partial charge in [-0.05, 0) is 0 Å². The predicted octanol–water partition coefficient (Wildman–Crippen LogP) is 1.38. The smallest absolute Gasteiger partial charge is 0.230 e. The molecular weight excluding hydrogens is 132 g/mol. The summed E-state index contributed by atoms with van der Waals surface area (Å²) < 4.78 is 0. The number of rotatable bonds is 0. The summed E-state index contributed by atoms with van der Waals surface area (Å²) >= 11 is 6.60. The lowest BCUT2D eigenvalue weighted by atomic mass is 10.6. The molecule has 0 spiro atoms. The van der Waals surface area contributed by atoms with E-state index >= 15 is 0 Å². The Bertz CT molecular complexity index is 130. The number of hydrogen-bond donors (Lipinski definition) is 0. The molecule has 0 bridgehead atoms. The number of hydrogen-bond acceptors (Lipinski definition) is 2. The molecule has 0 aromatic carbocycles. The second kappa shape index (κ2) is 1.88. The molecule has 0 unspecified atom stereocenters. The Balaban J connectivity index is 2.72. The molecule has 0 aromatic heterocycles. The third kappa shape index (κ3) is 0.983. The van der Waals surface area contributed by atoms with E-state index in [1.165, 1.54) is 11.8 Å². The fourth-order valence-electron chi connectivity index (χ4n) is 0.343. The summed E-state index contributed by atoms with van der Waals surface area (Å²) in [6.45, 7) is 0. The number of carbonyl (C=O) groups is 1. The second-order valence-electron chi connectivity index (χ2n) is 1.15. The van der Waals surface area contributed by atoms with Gasteiger partial charge in [0.1, 0.15) is 0 Å². The first-order valence-corrected chi connectivity index (χ1v) is 3.20. The lowest BCUT2D eigenvalue weighted by molar-refractivity contribution is -0.107. The Kier molecular flexibility index (Phi) is 1.40. The van der Waals surface area contributed by atoms with Gasteiger partial charge in [-0.1, -0.05) is 29.4 Å². The van der Waals surface area contributed by atoms with Crippen molar-refractivity contribution >= 4 is 28.5 Å². The number of halogens is 1. The fourth-order valence-corrected chi connectivity index (χ4v) is 1.30. The molecule has 1 rings (SSSR count). The molecule has 7 heavy (non-hydrogen) atoms. The van der Waals surface area contributed by atoms with Crippen LogP contribution in [0.5, 0.6) is 0 Å². The zero-order chi connectivity index (χ0) is 5.28. The molecule has 0 aromatic rings. The van der Waals surface area contributed by atoms with Crippen LogP contribution in [0.15, 0.2) is 11.1 Å². The van der Waals surface area contributed by atoms with Crippen LogP contribution in [-0.2, 0) is 4.79 Å². The van der Waals surface area contributed by atoms with E-state index in [0.717, 1.165) is 5.75 Å². The summed E-state index contributed by atoms with van der Waals surface area (Å²) in [5, 5.41) is 0.381. The highest BCUT2D eigenvalue weighted by Crippen LogP contribution is 2.21. The van der Waals surface area contributed by atoms with E-state index in [9.17, 15) is 4.79 Å². The van der Waals surface area contributed by atoms with Gasteiger partial charge in [0.05, 0.1) is 5.03 Å². The molecule has 1 heterocycles. The van der Waals surface area contributed by atoms with Crippen molar-refractivity contribution in [2.75, 3.05) is 5.75 Å². The minimum atomic E-state index is 0.00154. The maximum absolute atomic E-state index is 10.3. The highest BCUT2D eigenvalue weighted by atomic mass is 35.5. The highest BCUT2D eigenvalue weighted by molar-refractivity contribution is 8.14. The maximum Gasteiger partial charge on any atom is 0.230 e. The van der Waals surface area contributed by atoms with Gasteiger partial charge in [-0.15, -0.1) is 0 Å². The molecular formula is C4H3ClOS. The minimum Gasteiger partial charge on any atom is -0.281 e. The SMILES string of the molecule is O=C1SCC=C1Cl. The summed E-state index contributed by atoms with van der Waals surface area (Å²) in [7, 11) is 0. The molecule has 3 heteroatoms. The minimum absolute atomic E-state index is 0.00154. The zero-order valence-corrected chi connectivity index (χ0v) is 5.05. The van der Waals surface area contributed by atoms with E-state index in [-0.39, 0.29) is 5.12 Å². The third-order valence-corrected chi connectivity index (χ3v) is 1.93. The Hall–Kier alpha value is 0.0500. The van der Waals surface area contributed by atoms with Gasteiger partial charge in [-0.3, -0.25) is 4.79 Å². The van der Waals surface area contributed by atoms with Crippen LogP contribution in [0.25, 0.3) is 0 Å². The van der Waals surface area contributed by atoms with Crippen molar-refractivity contribution in [3.8, 4) is 0 Å². The monoisotopic (exact) mass is 134 g/mol. The molecule has 0 amide bonds. The van der Waals surface area contributed by atoms with Crippen LogP contribution < -0.4 is 0 Å². The van der Waals surface area contributed by atoms with Crippen LogP contribution >= 0.6 is 23.4 Å². The normalized spacial score (nSPS) is 20.1. The van der Waals surface area contributed by atoms with Crippen molar-refractivity contribution in [2.45, 2.75) is 0 Å². The van der Waals surface area contributed by atoms with Crippen LogP contribution in [0.3, 0.4) is 0 Å². The zero-order valence-electron chi connectivity index (χ0n) is 3.48. The summed E-state index contributed by atoms with van der Waals surface area (Å²) in [6.07, 6.45) is 1.72. The van der Waals surface area contributed by atoms with E-state index in [0.29, 0.717) is 5.03 Å². The van der Waals surface area contributed by atoms with Crippen molar-refractivity contribution in [1.82, 2.24) is 0 Å². The van der Waals surface area contributed by atoms with Crippen LogP contribution in [-0.4, -0.2) is 10.9 Å². The first kappa shape index (κ1) is 5.19. The van der Waals surface area contributed by atoms with Crippen LogP contribution in [0.2, 0.25) is 0 Å². The lowest BCUT2D eigenvalue weighted by Crippen LogP contribution is -1.79. The van der Waals surface area contributed by atoms with Crippen molar-refractivity contribution in [3.05, 3.63) is 11.1 Å². The van der Waals surface area contributed by atoms with E-state index in [2.05, 4.69) is 0 Å². The van der Waals surface area contributed by atoms with Crippen molar-refractivity contribution < 1.29 is 4.79 Å². The lowest BCUT2D eigenvalue weighted by Gasteiger charge is -1.77. The van der Waals surface area contributed by atoms with Gasteiger partial charge < -0.3 is 0 Å². The first-order chi connectivity index (χ1) is 3.30. The van der Waals surface area contributed by atoms with Gasteiger partial charge in [-0.2, -0.15) is 0 Å². The van der Waals surface area contributed by atoms with Crippen LogP contribution in [0.4, 0.5) is 0 Å². The molecule has 0 fully saturated rings. The average Bonchev–Trinajstić information content (AvgIpc) is 1.91. The Labute approximate surface area is 50.7 Å². The summed E-state index contributed by atoms with van der Waals surface area (Å²) in [5.74, 6) is 0.748. The van der Waals surface area contributed by atoms with Gasteiger partial charge in [0.2, 0.25) is 5.12 Å². The van der Waals surface area contributed by atoms with Crippen molar-refractivity contribution in [2.24, 2.45) is 0 Å². The third-order valence-electron chi connectivity index (χ3n) is 0.672. The highest BCUT2D eigenvalue weighted by Gasteiger charge is 2.11. The largest absolute Gasteiger partial charge is 0.281 e. The Morgan fingerprint density at radius 1 is 1.86 bits per heavy atom. The van der Waals surface area contributed by atoms with Crippen LogP contribution in [0, 0.1) is 0 Å². The summed E-state index contributed by atoms with van der Waals surface area (Å²) in [5.41, 5.74) is 0. The molecule has 0 saturated carbocycles. The van der Waals surface area contributed by atoms with Gasteiger partial charge >= 0.3 is 0 Å². The number of thioether (sulfide) groups is 1. The second-order valence-corrected chi connectivity index (χ2v) is 2.55. The predicted molar refractivity (Wildman–Crippen MR) is 31.4 cm³/mol. The number of carbonyl (C=O) groups excluding carboxylic acids is 1. The van der Waals surface area contributed by atoms with Gasteiger partial charge in [-0.25, -0.2) is 0 Å². The van der Waals surface area contributed by atoms with Gasteiger partial charge in [0.15, 0.2) is 0 Å². The summed E-state index contributed by atoms with van der Waals surface area (Å²) in [4.78, 5) is 10.3. The van der Waals surface area contributed by atoms with E-state index in [1.54, 1.807) is 6.08 Å². The van der Waals surface area contributed by atoms with E-state index in [4.69, 9.17) is 11.6 Å². The van der Waals surface area contributed by atoms with Gasteiger partial charge in [0, 0.05) is 5.75 Å². The molecule has 0 N–H and O–H groups in total. The standard InChI is InChI=1S/C4H3ClOS/c5-3-1-2-7-4(3)6/h1H,2H2. The summed E-state index contributed by atoms with van der Waals surface area (Å²) in [6, 6.07) is 0. The van der Waals surface area contributed by atoms with Crippen molar-refractivity contribution in [1.29, 1.82) is 0 Å². The fraction of sp³-hybridized carbons (Fsp3) is 0.250. The molecule has 0 atom stereocenters. The molecule has 1 aliphatic rings. The molecule has 1 aliphatic heterocycles. The molecule has 38 valence electrons. The Morgan fingerprint density at radius 3 is 2.71 bits per heavy atom. The molecule has 1 nitrogen and oxygen atoms in total.